The maximum atomic E-state index is 11.9. The molecule has 5 heteroatoms. The minimum Gasteiger partial charge on any atom is -0.399 e. The van der Waals surface area contributed by atoms with Gasteiger partial charge < -0.3 is 15.8 Å². The highest BCUT2D eigenvalue weighted by Gasteiger charge is 2.15. The predicted molar refractivity (Wildman–Crippen MR) is 76.4 cm³/mol. The summed E-state index contributed by atoms with van der Waals surface area (Å²) in [5, 5.41) is 3.26. The van der Waals surface area contributed by atoms with Crippen molar-refractivity contribution in [3.8, 4) is 0 Å². The number of benzene rings is 1. The molecule has 19 heavy (non-hydrogen) atoms. The molecule has 1 aromatic carbocycles. The highest BCUT2D eigenvalue weighted by molar-refractivity contribution is 6.31. The van der Waals surface area contributed by atoms with Gasteiger partial charge in [-0.25, -0.2) is 0 Å². The van der Waals surface area contributed by atoms with Gasteiger partial charge in [-0.05, 0) is 31.0 Å². The Kier molecular flexibility index (Phi) is 5.05. The summed E-state index contributed by atoms with van der Waals surface area (Å²) in [4.78, 5) is 11.9. The van der Waals surface area contributed by atoms with E-state index >= 15 is 0 Å². The van der Waals surface area contributed by atoms with Gasteiger partial charge >= 0.3 is 0 Å². The molecule has 0 heterocycles. The molecule has 2 rings (SSSR count). The molecule has 0 spiro atoms. The van der Waals surface area contributed by atoms with Gasteiger partial charge in [-0.2, -0.15) is 0 Å². The molecule has 1 aliphatic carbocycles. The van der Waals surface area contributed by atoms with E-state index in [1.807, 2.05) is 0 Å². The van der Waals surface area contributed by atoms with Crippen molar-refractivity contribution in [2.75, 3.05) is 18.9 Å². The van der Waals surface area contributed by atoms with Crippen molar-refractivity contribution in [3.05, 3.63) is 28.8 Å². The second-order valence-corrected chi connectivity index (χ2v) is 5.24. The van der Waals surface area contributed by atoms with Crippen molar-refractivity contribution in [2.45, 2.75) is 31.8 Å². The maximum Gasteiger partial charge on any atom is 0.251 e. The molecular weight excluding hydrogens is 264 g/mol. The van der Waals surface area contributed by atoms with Crippen molar-refractivity contribution in [3.63, 3.8) is 0 Å². The molecule has 3 N–H and O–H groups in total. The van der Waals surface area contributed by atoms with Crippen molar-refractivity contribution in [1.29, 1.82) is 0 Å². The number of hydrogen-bond acceptors (Lipinski definition) is 3. The average Bonchev–Trinajstić information content (AvgIpc) is 2.86. The summed E-state index contributed by atoms with van der Waals surface area (Å²) in [7, 11) is 0. The number of rotatable bonds is 5. The molecule has 0 unspecified atom stereocenters. The summed E-state index contributed by atoms with van der Waals surface area (Å²) in [6, 6.07) is 4.83. The number of carbonyl (C=O) groups excluding carboxylic acids is 1. The number of nitrogens with two attached hydrogens (primary N) is 1. The Morgan fingerprint density at radius 2 is 2.11 bits per heavy atom. The summed E-state index contributed by atoms with van der Waals surface area (Å²) in [6.07, 6.45) is 5.15. The zero-order valence-corrected chi connectivity index (χ0v) is 11.6. The molecule has 4 nitrogen and oxygen atoms in total. The highest BCUT2D eigenvalue weighted by atomic mass is 35.5. The van der Waals surface area contributed by atoms with Crippen molar-refractivity contribution in [2.24, 2.45) is 0 Å². The van der Waals surface area contributed by atoms with Crippen LogP contribution in [0.2, 0.25) is 5.02 Å². The lowest BCUT2D eigenvalue weighted by atomic mass is 10.2. The van der Waals surface area contributed by atoms with Gasteiger partial charge in [0, 0.05) is 22.8 Å². The lowest BCUT2D eigenvalue weighted by Gasteiger charge is -2.11. The molecular formula is C14H19ClN2O2. The van der Waals surface area contributed by atoms with Crippen LogP contribution in [0.15, 0.2) is 18.2 Å². The third kappa shape index (κ3) is 4.40. The van der Waals surface area contributed by atoms with Gasteiger partial charge in [-0.1, -0.05) is 24.4 Å². The average molecular weight is 283 g/mol. The molecule has 0 radical (unpaired) electrons. The first kappa shape index (κ1) is 14.2. The summed E-state index contributed by atoms with van der Waals surface area (Å²) in [6.45, 7) is 1.05. The Hall–Kier alpha value is -1.26. The van der Waals surface area contributed by atoms with Gasteiger partial charge in [0.2, 0.25) is 0 Å². The van der Waals surface area contributed by atoms with Crippen LogP contribution in [0.5, 0.6) is 0 Å². The molecule has 0 atom stereocenters. The second kappa shape index (κ2) is 6.78. The van der Waals surface area contributed by atoms with Crippen molar-refractivity contribution in [1.82, 2.24) is 5.32 Å². The number of anilines is 1. The third-order valence-electron chi connectivity index (χ3n) is 3.23. The van der Waals surface area contributed by atoms with E-state index in [2.05, 4.69) is 5.32 Å². The van der Waals surface area contributed by atoms with Crippen molar-refractivity contribution >= 4 is 23.2 Å². The quantitative estimate of drug-likeness (QED) is 0.644. The third-order valence-corrected chi connectivity index (χ3v) is 3.44. The van der Waals surface area contributed by atoms with Gasteiger partial charge in [0.05, 0.1) is 12.7 Å². The number of nitrogen functional groups attached to an aromatic ring is 1. The maximum absolute atomic E-state index is 11.9. The summed E-state index contributed by atoms with van der Waals surface area (Å²) in [5.41, 5.74) is 6.61. The lowest BCUT2D eigenvalue weighted by molar-refractivity contribution is 0.0582. The van der Waals surface area contributed by atoms with E-state index in [0.29, 0.717) is 35.5 Å². The number of carbonyl (C=O) groups is 1. The molecule has 1 amide bonds. The standard InChI is InChI=1S/C14H19ClN2O2/c15-11-7-10(8-12(16)9-11)14(18)17-5-6-19-13-3-1-2-4-13/h7-9,13H,1-6,16H2,(H,17,18). The smallest absolute Gasteiger partial charge is 0.251 e. The first-order valence-corrected chi connectivity index (χ1v) is 6.99. The van der Waals surface area contributed by atoms with E-state index in [1.54, 1.807) is 18.2 Å². The number of ether oxygens (including phenoxy) is 1. The summed E-state index contributed by atoms with van der Waals surface area (Å²) < 4.78 is 5.67. The van der Waals surface area contributed by atoms with Gasteiger partial charge in [-0.3, -0.25) is 4.79 Å². The molecule has 1 saturated carbocycles. The van der Waals surface area contributed by atoms with Crippen LogP contribution in [-0.4, -0.2) is 25.2 Å². The van der Waals surface area contributed by atoms with Crippen LogP contribution < -0.4 is 11.1 Å². The Labute approximate surface area is 118 Å². The Bertz CT molecular complexity index is 425. The monoisotopic (exact) mass is 282 g/mol. The van der Waals surface area contributed by atoms with E-state index in [-0.39, 0.29) is 5.91 Å². The fraction of sp³-hybridized carbons (Fsp3) is 0.500. The number of hydrogen-bond donors (Lipinski definition) is 2. The zero-order valence-electron chi connectivity index (χ0n) is 10.8. The minimum absolute atomic E-state index is 0.177. The molecule has 1 aliphatic rings. The lowest BCUT2D eigenvalue weighted by Crippen LogP contribution is -2.28. The van der Waals surface area contributed by atoms with Crippen LogP contribution in [0.25, 0.3) is 0 Å². The fourth-order valence-electron chi connectivity index (χ4n) is 2.29. The van der Waals surface area contributed by atoms with E-state index in [9.17, 15) is 4.79 Å². The Balaban J connectivity index is 1.74. The molecule has 0 saturated heterocycles. The second-order valence-electron chi connectivity index (χ2n) is 4.81. The van der Waals surface area contributed by atoms with Gasteiger partial charge in [0.15, 0.2) is 0 Å². The molecule has 0 aromatic heterocycles. The molecule has 0 bridgehead atoms. The minimum atomic E-state index is -0.177. The zero-order chi connectivity index (χ0) is 13.7. The van der Waals surface area contributed by atoms with Crippen LogP contribution in [0.1, 0.15) is 36.0 Å². The molecule has 104 valence electrons. The van der Waals surface area contributed by atoms with Crippen molar-refractivity contribution < 1.29 is 9.53 Å². The van der Waals surface area contributed by atoms with Gasteiger partial charge in [0.25, 0.3) is 5.91 Å². The molecule has 1 fully saturated rings. The Morgan fingerprint density at radius 3 is 2.79 bits per heavy atom. The van der Waals surface area contributed by atoms with E-state index in [0.717, 1.165) is 12.8 Å². The number of amides is 1. The predicted octanol–water partition coefficient (Wildman–Crippen LogP) is 2.61. The molecule has 1 aromatic rings. The van der Waals surface area contributed by atoms with E-state index < -0.39 is 0 Å². The molecule has 0 aliphatic heterocycles. The first-order valence-electron chi connectivity index (χ1n) is 6.61. The van der Waals surface area contributed by atoms with Crippen LogP contribution in [0, 0.1) is 0 Å². The fourth-order valence-corrected chi connectivity index (χ4v) is 2.53. The topological polar surface area (TPSA) is 64.4 Å². The van der Waals surface area contributed by atoms with Crippen LogP contribution in [-0.2, 0) is 4.74 Å². The van der Waals surface area contributed by atoms with Crippen LogP contribution >= 0.6 is 11.6 Å². The first-order chi connectivity index (χ1) is 9.15. The van der Waals surface area contributed by atoms with Crippen LogP contribution in [0.4, 0.5) is 5.69 Å². The summed E-state index contributed by atoms with van der Waals surface area (Å²) in [5.74, 6) is -0.177. The van der Waals surface area contributed by atoms with E-state index in [1.165, 1.54) is 12.8 Å². The van der Waals surface area contributed by atoms with E-state index in [4.69, 9.17) is 22.1 Å². The van der Waals surface area contributed by atoms with Gasteiger partial charge in [-0.15, -0.1) is 0 Å². The SMILES string of the molecule is Nc1cc(Cl)cc(C(=O)NCCOC2CCCC2)c1. The van der Waals surface area contributed by atoms with Gasteiger partial charge in [0.1, 0.15) is 0 Å². The normalized spacial score (nSPS) is 15.6. The summed E-state index contributed by atoms with van der Waals surface area (Å²) >= 11 is 5.86. The Morgan fingerprint density at radius 1 is 1.37 bits per heavy atom. The number of nitrogens with one attached hydrogen (secondary N) is 1. The highest BCUT2D eigenvalue weighted by Crippen LogP contribution is 2.20. The number of halogens is 1. The van der Waals surface area contributed by atoms with Crippen LogP contribution in [0.3, 0.4) is 0 Å². The largest absolute Gasteiger partial charge is 0.399 e.